The molecule has 1 aliphatic heterocycles. The predicted molar refractivity (Wildman–Crippen MR) is 313 cm³/mol. The van der Waals surface area contributed by atoms with E-state index in [0.717, 1.165) is 6.92 Å². The van der Waals surface area contributed by atoms with E-state index >= 15 is 0 Å². The van der Waals surface area contributed by atoms with Crippen molar-refractivity contribution in [1.29, 1.82) is 0 Å². The van der Waals surface area contributed by atoms with Gasteiger partial charge in [0.15, 0.2) is 11.8 Å². The van der Waals surface area contributed by atoms with Crippen LogP contribution in [0.25, 0.3) is 0 Å². The fourth-order valence-electron chi connectivity index (χ4n) is 8.68. The van der Waals surface area contributed by atoms with Crippen LogP contribution in [-0.4, -0.2) is 182 Å². The third-order valence-electron chi connectivity index (χ3n) is 13.2. The van der Waals surface area contributed by atoms with E-state index < -0.39 is 150 Å². The maximum absolute atomic E-state index is 14.5. The maximum atomic E-state index is 14.5. The molecule has 85 heavy (non-hydrogen) atoms. The molecule has 0 aromatic heterocycles. The topological polar surface area (TPSA) is 500 Å². The average molecular weight is 1210 g/mol. The molecule has 1 heterocycles. The molecule has 1 aliphatic rings. The van der Waals surface area contributed by atoms with Gasteiger partial charge >= 0.3 is 6.03 Å². The summed E-state index contributed by atoms with van der Waals surface area (Å²) in [6.45, 7) is 4.31. The highest BCUT2D eigenvalue weighted by Gasteiger charge is 2.37. The Balaban J connectivity index is 2.08. The van der Waals surface area contributed by atoms with E-state index in [9.17, 15) is 62.6 Å². The van der Waals surface area contributed by atoms with E-state index in [1.807, 2.05) is 0 Å². The number of amides is 12. The number of hydrogen-bond acceptors (Lipinski definition) is 18. The van der Waals surface area contributed by atoms with Crippen LogP contribution in [0.5, 0.6) is 0 Å². The molecule has 12 amide bonds. The Morgan fingerprint density at radius 2 is 1.06 bits per heavy atom. The summed E-state index contributed by atoms with van der Waals surface area (Å²) in [5.41, 5.74) is 30.0. The molecule has 0 bridgehead atoms. The molecule has 23 N–H and O–H groups in total. The van der Waals surface area contributed by atoms with Crippen LogP contribution in [-0.2, 0) is 59.2 Å². The van der Waals surface area contributed by atoms with Crippen LogP contribution < -0.4 is 92.5 Å². The van der Waals surface area contributed by atoms with Crippen molar-refractivity contribution in [3.63, 3.8) is 0 Å². The van der Waals surface area contributed by atoms with Gasteiger partial charge in [-0.15, -0.1) is 0 Å². The van der Waals surface area contributed by atoms with Gasteiger partial charge in [0.2, 0.25) is 53.2 Å². The summed E-state index contributed by atoms with van der Waals surface area (Å²) in [4.78, 5) is 167. The summed E-state index contributed by atoms with van der Waals surface area (Å²) < 4.78 is 0. The number of carbonyl (C=O) groups excluding carboxylic acids is 12. The molecule has 0 radical (unpaired) electrons. The van der Waals surface area contributed by atoms with Crippen molar-refractivity contribution in [2.24, 2.45) is 34.6 Å². The molecule has 1 saturated heterocycles. The van der Waals surface area contributed by atoms with Gasteiger partial charge in [-0.2, -0.15) is 0 Å². The number of anilines is 1. The summed E-state index contributed by atoms with van der Waals surface area (Å²) in [6, 6.07) is -1.63. The number of urea groups is 1. The highest BCUT2D eigenvalue weighted by atomic mass is 35.5. The van der Waals surface area contributed by atoms with Gasteiger partial charge in [0.05, 0.1) is 16.8 Å². The van der Waals surface area contributed by atoms with Crippen molar-refractivity contribution in [3.05, 3.63) is 65.2 Å². The van der Waals surface area contributed by atoms with Gasteiger partial charge in [-0.25, -0.2) is 4.79 Å². The van der Waals surface area contributed by atoms with Gasteiger partial charge in [0, 0.05) is 13.0 Å². The van der Waals surface area contributed by atoms with E-state index in [0.29, 0.717) is 5.56 Å². The fraction of sp³-hybridized carbons (Fsp3) is 0.556. The summed E-state index contributed by atoms with van der Waals surface area (Å²) in [5, 5.41) is 40.9. The zero-order chi connectivity index (χ0) is 63.3. The van der Waals surface area contributed by atoms with Gasteiger partial charge in [0.25, 0.3) is 5.91 Å². The number of nitrogens with two attached hydrogens (primary N) is 5. The Morgan fingerprint density at radius 3 is 1.58 bits per heavy atom. The number of benzene rings is 2. The molecular weight excluding hydrogens is 1130 g/mol. The van der Waals surface area contributed by atoms with Crippen molar-refractivity contribution in [1.82, 2.24) is 58.5 Å². The van der Waals surface area contributed by atoms with Crippen molar-refractivity contribution < 1.29 is 62.6 Å². The first-order valence-corrected chi connectivity index (χ1v) is 28.3. The number of ketones is 1. The number of nitrogens with one attached hydrogen (secondary N) is 12. The smallest absolute Gasteiger partial charge is 0.319 e. The normalized spacial score (nSPS) is 22.0. The second-order valence-electron chi connectivity index (χ2n) is 20.6. The minimum atomic E-state index is -1.96. The molecule has 0 saturated carbocycles. The molecule has 2 aromatic rings. The van der Waals surface area contributed by atoms with Crippen LogP contribution in [0.3, 0.4) is 0 Å². The molecule has 470 valence electrons. The number of carbonyl (C=O) groups is 12. The van der Waals surface area contributed by atoms with Crippen molar-refractivity contribution in [2.45, 2.75) is 146 Å². The first kappa shape index (κ1) is 71.4. The van der Waals surface area contributed by atoms with E-state index in [1.165, 1.54) is 19.1 Å². The molecule has 30 nitrogen and oxygen atoms in total. The van der Waals surface area contributed by atoms with Gasteiger partial charge in [-0.05, 0) is 115 Å². The SMILES string of the molecule is CC(=O)C(NC(=O)C(CCN)NC(=O)Nc1ccccc1Cl)C(=O)NC(CCN)C(=O)NC1CCNC(=O)C(C(C)O)NC(=O)C(CCN)NC(=O)C(CCN)NC(=O)C(CC(C)C)NC(=O)C(Cc2ccccc2)NC(=O)C(CCN)NC1=O. The Morgan fingerprint density at radius 1 is 0.576 bits per heavy atom. The Hall–Kier alpha value is -7.87. The lowest BCUT2D eigenvalue weighted by Gasteiger charge is -2.28. The van der Waals surface area contributed by atoms with Gasteiger partial charge in [-0.3, -0.25) is 52.7 Å². The van der Waals surface area contributed by atoms with Crippen LogP contribution in [0.4, 0.5) is 10.5 Å². The first-order chi connectivity index (χ1) is 40.4. The van der Waals surface area contributed by atoms with E-state index in [4.69, 9.17) is 40.3 Å². The lowest BCUT2D eigenvalue weighted by atomic mass is 10.00. The second-order valence-corrected chi connectivity index (χ2v) is 21.0. The molecule has 3 rings (SSSR count). The van der Waals surface area contributed by atoms with Crippen molar-refractivity contribution >= 4 is 88.2 Å². The standard InChI is InChI=1S/C54H84ClN17O13/c1-28(2)26-40-50(81)64-34(14-20-56)44(75)63-37(17-23-59)48(79)71-42(29(3)73)52(83)61-25-19-39(47(78)62-35(15-21-57)46(77)68-41(51(82)67-40)27-31-10-6-5-7-11-31)65-45(76)36(16-22-58)66-53(84)43(30(4)74)72-49(80)38(18-24-60)70-54(85)69-33-13-9-8-12-32(33)55/h5-13,28-29,34-43,73H,14-27,56-60H2,1-4H3,(H,61,83)(H,62,78)(H,63,75)(H,64,81)(H,65,76)(H,66,84)(H,67,82)(H,68,77)(H,71,79)(H,72,80)(H2,69,70,85). The van der Waals surface area contributed by atoms with Crippen LogP contribution in [0.1, 0.15) is 78.2 Å². The van der Waals surface area contributed by atoms with Crippen LogP contribution in [0, 0.1) is 5.92 Å². The first-order valence-electron chi connectivity index (χ1n) is 27.9. The summed E-state index contributed by atoms with van der Waals surface area (Å²) >= 11 is 6.15. The minimum absolute atomic E-state index is 0.0331. The number of para-hydroxylation sites is 1. The zero-order valence-electron chi connectivity index (χ0n) is 48.1. The summed E-state index contributed by atoms with van der Waals surface area (Å²) in [5.74, 6) is -11.0. The average Bonchev–Trinajstić information content (AvgIpc) is 3.47. The van der Waals surface area contributed by atoms with Gasteiger partial charge in [-0.1, -0.05) is 67.9 Å². The third kappa shape index (κ3) is 24.0. The van der Waals surface area contributed by atoms with E-state index in [-0.39, 0.29) is 94.3 Å². The number of aliphatic hydroxyl groups is 1. The lowest BCUT2D eigenvalue weighted by molar-refractivity contribution is -0.138. The monoisotopic (exact) mass is 1210 g/mol. The highest BCUT2D eigenvalue weighted by Crippen LogP contribution is 2.20. The molecule has 0 spiro atoms. The van der Waals surface area contributed by atoms with Crippen LogP contribution in [0.2, 0.25) is 5.02 Å². The van der Waals surface area contributed by atoms with Gasteiger partial charge in [0.1, 0.15) is 54.4 Å². The second kappa shape index (κ2) is 36.8. The molecular formula is C54H84ClN17O13. The molecule has 0 aliphatic carbocycles. The molecule has 2 aromatic carbocycles. The zero-order valence-corrected chi connectivity index (χ0v) is 48.9. The Labute approximate surface area is 497 Å². The number of hydrogen-bond donors (Lipinski definition) is 18. The van der Waals surface area contributed by atoms with E-state index in [1.54, 1.807) is 56.3 Å². The summed E-state index contributed by atoms with van der Waals surface area (Å²) in [6.07, 6.45) is -3.26. The molecule has 11 unspecified atom stereocenters. The molecule has 31 heteroatoms. The Bertz CT molecular complexity index is 2620. The van der Waals surface area contributed by atoms with Crippen LogP contribution >= 0.6 is 11.6 Å². The number of aliphatic hydroxyl groups excluding tert-OH is 1. The third-order valence-corrected chi connectivity index (χ3v) is 13.5. The maximum Gasteiger partial charge on any atom is 0.319 e. The Kier molecular flexibility index (Phi) is 30.9. The predicted octanol–water partition coefficient (Wildman–Crippen LogP) is -5.28. The minimum Gasteiger partial charge on any atom is -0.391 e. The highest BCUT2D eigenvalue weighted by molar-refractivity contribution is 6.33. The van der Waals surface area contributed by atoms with Gasteiger partial charge < -0.3 is 97.6 Å². The quantitative estimate of drug-likeness (QED) is 0.0437. The lowest BCUT2D eigenvalue weighted by Crippen LogP contribution is -2.61. The molecule has 11 atom stereocenters. The number of rotatable bonds is 24. The van der Waals surface area contributed by atoms with Crippen molar-refractivity contribution in [3.8, 4) is 0 Å². The summed E-state index contributed by atoms with van der Waals surface area (Å²) in [7, 11) is 0. The molecule has 1 fully saturated rings. The fourth-order valence-corrected chi connectivity index (χ4v) is 8.86. The van der Waals surface area contributed by atoms with E-state index in [2.05, 4.69) is 63.8 Å². The number of halogens is 1. The largest absolute Gasteiger partial charge is 0.391 e. The van der Waals surface area contributed by atoms with Crippen LogP contribution in [0.15, 0.2) is 54.6 Å². The van der Waals surface area contributed by atoms with Crippen molar-refractivity contribution in [2.75, 3.05) is 44.6 Å². The number of Topliss-reactive ketones (excluding diaryl/α,β-unsaturated/α-hetero) is 1.